The van der Waals surface area contributed by atoms with Crippen molar-refractivity contribution in [1.29, 1.82) is 0 Å². The molecule has 1 aromatic heterocycles. The van der Waals surface area contributed by atoms with Crippen molar-refractivity contribution in [3.63, 3.8) is 0 Å². The van der Waals surface area contributed by atoms with E-state index in [0.29, 0.717) is 12.3 Å². The highest BCUT2D eigenvalue weighted by Crippen LogP contribution is 2.26. The molecule has 0 bridgehead atoms. The largest absolute Gasteiger partial charge is 0.494 e. The molecule has 0 aliphatic heterocycles. The van der Waals surface area contributed by atoms with Crippen molar-refractivity contribution >= 4 is 17.3 Å². The predicted octanol–water partition coefficient (Wildman–Crippen LogP) is 3.48. The molecule has 0 radical (unpaired) electrons. The molecule has 0 saturated carbocycles. The fourth-order valence-electron chi connectivity index (χ4n) is 2.42. The normalized spacial score (nSPS) is 10.3. The molecule has 1 heterocycles. The van der Waals surface area contributed by atoms with Gasteiger partial charge in [0.15, 0.2) is 18.2 Å². The molecule has 2 aromatic carbocycles. The lowest BCUT2D eigenvalue weighted by molar-refractivity contribution is -0.386. The summed E-state index contributed by atoms with van der Waals surface area (Å²) in [6.07, 6.45) is 1.56. The van der Waals surface area contributed by atoms with Gasteiger partial charge in [-0.3, -0.25) is 14.9 Å². The minimum atomic E-state index is -0.520. The summed E-state index contributed by atoms with van der Waals surface area (Å²) in [5, 5.41) is 17.9. The van der Waals surface area contributed by atoms with E-state index in [-0.39, 0.29) is 29.8 Å². The molecule has 0 aliphatic rings. The quantitative estimate of drug-likeness (QED) is 0.472. The molecule has 0 saturated heterocycles. The first-order valence-electron chi connectivity index (χ1n) is 8.50. The van der Waals surface area contributed by atoms with Gasteiger partial charge < -0.3 is 14.8 Å². The molecule has 1 N–H and O–H groups in total. The number of rotatable bonds is 8. The number of aromatic nitrogens is 2. The van der Waals surface area contributed by atoms with Crippen LogP contribution in [-0.4, -0.2) is 27.2 Å². The van der Waals surface area contributed by atoms with E-state index in [2.05, 4.69) is 10.4 Å². The van der Waals surface area contributed by atoms with Crippen LogP contribution in [-0.2, 0) is 6.73 Å². The Balaban J connectivity index is 1.60. The Hall–Kier alpha value is -3.88. The van der Waals surface area contributed by atoms with Gasteiger partial charge in [0, 0.05) is 18.0 Å². The molecule has 3 rings (SSSR count). The molecule has 3 aromatic rings. The third kappa shape index (κ3) is 4.64. The van der Waals surface area contributed by atoms with Crippen LogP contribution >= 0.6 is 0 Å². The zero-order valence-electron chi connectivity index (χ0n) is 15.1. The Bertz CT molecular complexity index is 968. The van der Waals surface area contributed by atoms with Crippen LogP contribution in [0.5, 0.6) is 11.5 Å². The lowest BCUT2D eigenvalue weighted by atomic mass is 10.3. The first-order chi connectivity index (χ1) is 13.6. The molecular weight excluding hydrogens is 364 g/mol. The van der Waals surface area contributed by atoms with E-state index in [1.807, 2.05) is 6.92 Å². The summed E-state index contributed by atoms with van der Waals surface area (Å²) in [6.45, 7) is 2.39. The van der Waals surface area contributed by atoms with Crippen LogP contribution in [0.15, 0.2) is 60.8 Å². The van der Waals surface area contributed by atoms with Crippen molar-refractivity contribution in [1.82, 2.24) is 9.78 Å². The van der Waals surface area contributed by atoms with Gasteiger partial charge in [-0.2, -0.15) is 5.10 Å². The summed E-state index contributed by atoms with van der Waals surface area (Å²) in [4.78, 5) is 22.8. The number of anilines is 1. The van der Waals surface area contributed by atoms with Gasteiger partial charge in [-0.05, 0) is 43.3 Å². The van der Waals surface area contributed by atoms with Crippen LogP contribution < -0.4 is 14.8 Å². The highest BCUT2D eigenvalue weighted by atomic mass is 16.6. The molecular formula is C19H18N4O5. The monoisotopic (exact) mass is 382 g/mol. The van der Waals surface area contributed by atoms with E-state index in [0.717, 1.165) is 5.75 Å². The second-order valence-corrected chi connectivity index (χ2v) is 5.65. The average molecular weight is 382 g/mol. The summed E-state index contributed by atoms with van der Waals surface area (Å²) in [6, 6.07) is 14.6. The maximum Gasteiger partial charge on any atom is 0.311 e. The third-order valence-corrected chi connectivity index (χ3v) is 3.71. The molecule has 28 heavy (non-hydrogen) atoms. The van der Waals surface area contributed by atoms with Crippen molar-refractivity contribution < 1.29 is 19.2 Å². The average Bonchev–Trinajstić information content (AvgIpc) is 3.17. The van der Waals surface area contributed by atoms with Crippen LogP contribution in [0.25, 0.3) is 0 Å². The molecule has 0 unspecified atom stereocenters. The van der Waals surface area contributed by atoms with E-state index in [1.165, 1.54) is 22.9 Å². The molecule has 0 atom stereocenters. The molecule has 144 valence electrons. The fraction of sp³-hybridized carbons (Fsp3) is 0.158. The maximum atomic E-state index is 12.3. The number of nitro groups is 1. The first-order valence-corrected chi connectivity index (χ1v) is 8.50. The van der Waals surface area contributed by atoms with Gasteiger partial charge in [0.2, 0.25) is 0 Å². The number of hydrogen-bond donors (Lipinski definition) is 1. The zero-order valence-corrected chi connectivity index (χ0v) is 15.1. The molecule has 1 amide bonds. The smallest absolute Gasteiger partial charge is 0.311 e. The molecule has 9 nitrogen and oxygen atoms in total. The van der Waals surface area contributed by atoms with Gasteiger partial charge in [-0.1, -0.05) is 12.1 Å². The Morgan fingerprint density at radius 3 is 2.61 bits per heavy atom. The van der Waals surface area contributed by atoms with Crippen molar-refractivity contribution in [2.45, 2.75) is 13.7 Å². The Labute approximate surface area is 160 Å². The number of benzene rings is 2. The Morgan fingerprint density at radius 2 is 1.89 bits per heavy atom. The minimum absolute atomic E-state index is 0.0683. The minimum Gasteiger partial charge on any atom is -0.494 e. The van der Waals surface area contributed by atoms with Crippen molar-refractivity contribution in [3.8, 4) is 11.5 Å². The van der Waals surface area contributed by atoms with Crippen LogP contribution in [0, 0.1) is 10.1 Å². The van der Waals surface area contributed by atoms with Crippen molar-refractivity contribution in [2.75, 3.05) is 11.9 Å². The van der Waals surface area contributed by atoms with Crippen LogP contribution in [0.3, 0.4) is 0 Å². The summed E-state index contributed by atoms with van der Waals surface area (Å²) < 4.78 is 12.2. The lowest BCUT2D eigenvalue weighted by Crippen LogP contribution is -2.14. The standard InChI is InChI=1S/C19H18N4O5/c1-2-27-15-9-7-14(8-10-15)20-19(24)16-11-12-22(21-16)13-28-18-6-4-3-5-17(18)23(25)26/h3-12H,2,13H2,1H3,(H,20,24). The molecule has 0 aliphatic carbocycles. The second-order valence-electron chi connectivity index (χ2n) is 5.65. The van der Waals surface area contributed by atoms with E-state index < -0.39 is 4.92 Å². The fourth-order valence-corrected chi connectivity index (χ4v) is 2.42. The highest BCUT2D eigenvalue weighted by molar-refractivity contribution is 6.02. The zero-order chi connectivity index (χ0) is 19.9. The van der Waals surface area contributed by atoms with E-state index in [1.54, 1.807) is 42.6 Å². The maximum absolute atomic E-state index is 12.3. The number of para-hydroxylation sites is 2. The topological polar surface area (TPSA) is 109 Å². The summed E-state index contributed by atoms with van der Waals surface area (Å²) >= 11 is 0. The summed E-state index contributed by atoms with van der Waals surface area (Å²) in [5.74, 6) is 0.467. The SMILES string of the molecule is CCOc1ccc(NC(=O)c2ccn(COc3ccccc3[N+](=O)[O-])n2)cc1. The van der Waals surface area contributed by atoms with Gasteiger partial charge in [-0.15, -0.1) is 0 Å². The predicted molar refractivity (Wildman–Crippen MR) is 102 cm³/mol. The summed E-state index contributed by atoms with van der Waals surface area (Å²) in [5.41, 5.74) is 0.669. The number of carbonyl (C=O) groups excluding carboxylic acids is 1. The van der Waals surface area contributed by atoms with Crippen LogP contribution in [0.2, 0.25) is 0 Å². The van der Waals surface area contributed by atoms with Crippen molar-refractivity contribution in [2.24, 2.45) is 0 Å². The third-order valence-electron chi connectivity index (χ3n) is 3.71. The molecule has 9 heteroatoms. The summed E-state index contributed by atoms with van der Waals surface area (Å²) in [7, 11) is 0. The van der Waals surface area contributed by atoms with E-state index >= 15 is 0 Å². The van der Waals surface area contributed by atoms with Gasteiger partial charge in [0.1, 0.15) is 5.75 Å². The van der Waals surface area contributed by atoms with E-state index in [4.69, 9.17) is 9.47 Å². The van der Waals surface area contributed by atoms with Crippen LogP contribution in [0.1, 0.15) is 17.4 Å². The number of nitrogens with one attached hydrogen (secondary N) is 1. The van der Waals surface area contributed by atoms with Crippen LogP contribution in [0.4, 0.5) is 11.4 Å². The van der Waals surface area contributed by atoms with Gasteiger partial charge in [0.05, 0.1) is 11.5 Å². The first kappa shape index (κ1) is 18.9. The van der Waals surface area contributed by atoms with Gasteiger partial charge in [-0.25, -0.2) is 4.68 Å². The number of carbonyl (C=O) groups is 1. The van der Waals surface area contributed by atoms with Gasteiger partial charge >= 0.3 is 5.69 Å². The Morgan fingerprint density at radius 1 is 1.14 bits per heavy atom. The molecule has 0 spiro atoms. The number of amides is 1. The number of ether oxygens (including phenoxy) is 2. The van der Waals surface area contributed by atoms with Gasteiger partial charge in [0.25, 0.3) is 5.91 Å². The highest BCUT2D eigenvalue weighted by Gasteiger charge is 2.14. The second kappa shape index (κ2) is 8.67. The lowest BCUT2D eigenvalue weighted by Gasteiger charge is -2.07. The number of nitro benzene ring substituents is 1. The Kier molecular flexibility index (Phi) is 5.85. The van der Waals surface area contributed by atoms with E-state index in [9.17, 15) is 14.9 Å². The van der Waals surface area contributed by atoms with Crippen molar-refractivity contribution in [3.05, 3.63) is 76.6 Å². The number of nitrogens with zero attached hydrogens (tertiary/aromatic N) is 3. The molecule has 0 fully saturated rings. The number of hydrogen-bond acceptors (Lipinski definition) is 6.